The summed E-state index contributed by atoms with van der Waals surface area (Å²) in [5.74, 6) is -0.868. The van der Waals surface area contributed by atoms with Crippen molar-refractivity contribution in [1.82, 2.24) is 19.4 Å². The van der Waals surface area contributed by atoms with Crippen LogP contribution in [-0.2, 0) is 14.8 Å². The van der Waals surface area contributed by atoms with E-state index in [2.05, 4.69) is 9.62 Å². The summed E-state index contributed by atoms with van der Waals surface area (Å²) in [5, 5.41) is 0. The van der Waals surface area contributed by atoms with E-state index in [1.54, 1.807) is 19.0 Å². The van der Waals surface area contributed by atoms with Gasteiger partial charge in [0.15, 0.2) is 0 Å². The Bertz CT molecular complexity index is 944. The summed E-state index contributed by atoms with van der Waals surface area (Å²) in [7, 11) is 1.03. The third kappa shape index (κ3) is 4.19. The maximum Gasteiger partial charge on any atom is 0.261 e. The first kappa shape index (κ1) is 21.4. The van der Waals surface area contributed by atoms with E-state index in [-0.39, 0.29) is 34.5 Å². The number of benzene rings is 1. The number of nitrogens with zero attached hydrogens (tertiary/aromatic N) is 3. The minimum Gasteiger partial charge on any atom is -0.347 e. The number of amides is 3. The standard InChI is InChI=1S/C19H26N4O5S/c1-21(2)19(26)16-6-4-10-23(16)11-5-9-20-29(27,28)13-7-8-14-15(12-13)18(25)22(3)17(14)24/h7-8,12,16,20H,4-6,9-11H2,1-3H3. The molecule has 2 aliphatic heterocycles. The Balaban J connectivity index is 1.58. The molecule has 29 heavy (non-hydrogen) atoms. The number of rotatable bonds is 7. The fourth-order valence-corrected chi connectivity index (χ4v) is 4.85. The molecule has 1 fully saturated rings. The molecule has 0 saturated carbocycles. The lowest BCUT2D eigenvalue weighted by molar-refractivity contribution is -0.133. The average Bonchev–Trinajstić information content (AvgIpc) is 3.24. The number of carbonyl (C=O) groups is 3. The van der Waals surface area contributed by atoms with Gasteiger partial charge >= 0.3 is 0 Å². The monoisotopic (exact) mass is 422 g/mol. The fraction of sp³-hybridized carbons (Fsp3) is 0.526. The zero-order valence-corrected chi connectivity index (χ0v) is 17.7. The SMILES string of the molecule is CN(C)C(=O)C1CCCN1CCCNS(=O)(=O)c1ccc2c(c1)C(=O)N(C)C2=O. The van der Waals surface area contributed by atoms with Gasteiger partial charge in [0.05, 0.1) is 22.1 Å². The van der Waals surface area contributed by atoms with Crippen LogP contribution >= 0.6 is 0 Å². The molecule has 1 N–H and O–H groups in total. The molecule has 0 spiro atoms. The minimum absolute atomic E-state index is 0.0467. The van der Waals surface area contributed by atoms with Crippen LogP contribution in [0.15, 0.2) is 23.1 Å². The topological polar surface area (TPSA) is 107 Å². The van der Waals surface area contributed by atoms with E-state index in [9.17, 15) is 22.8 Å². The number of nitrogens with one attached hydrogen (secondary N) is 1. The first-order valence-electron chi connectivity index (χ1n) is 9.55. The number of sulfonamides is 1. The van der Waals surface area contributed by atoms with Crippen LogP contribution in [0.1, 0.15) is 40.0 Å². The van der Waals surface area contributed by atoms with Crippen molar-refractivity contribution in [2.75, 3.05) is 40.8 Å². The van der Waals surface area contributed by atoms with Gasteiger partial charge in [-0.2, -0.15) is 0 Å². The highest BCUT2D eigenvalue weighted by Gasteiger charge is 2.34. The van der Waals surface area contributed by atoms with Gasteiger partial charge < -0.3 is 4.90 Å². The third-order valence-corrected chi connectivity index (χ3v) is 6.83. The lowest BCUT2D eigenvalue weighted by Crippen LogP contribution is -2.43. The summed E-state index contributed by atoms with van der Waals surface area (Å²) in [6, 6.07) is 3.81. The van der Waals surface area contributed by atoms with E-state index in [1.165, 1.54) is 25.2 Å². The number of likely N-dealkylation sites (tertiary alicyclic amines) is 1. The van der Waals surface area contributed by atoms with E-state index >= 15 is 0 Å². The number of hydrogen-bond donors (Lipinski definition) is 1. The van der Waals surface area contributed by atoms with E-state index < -0.39 is 21.8 Å². The molecule has 9 nitrogen and oxygen atoms in total. The van der Waals surface area contributed by atoms with Crippen molar-refractivity contribution in [1.29, 1.82) is 0 Å². The van der Waals surface area contributed by atoms with Gasteiger partial charge in [-0.3, -0.25) is 24.2 Å². The Morgan fingerprint density at radius 3 is 2.59 bits per heavy atom. The van der Waals surface area contributed by atoms with Gasteiger partial charge in [0.1, 0.15) is 0 Å². The molecule has 3 rings (SSSR count). The van der Waals surface area contributed by atoms with Gasteiger partial charge in [0.25, 0.3) is 11.8 Å². The first-order chi connectivity index (χ1) is 13.6. The fourth-order valence-electron chi connectivity index (χ4n) is 3.75. The largest absolute Gasteiger partial charge is 0.347 e. The lowest BCUT2D eigenvalue weighted by atomic mass is 10.1. The number of likely N-dealkylation sites (N-methyl/N-ethyl adjacent to an activating group) is 1. The number of hydrogen-bond acceptors (Lipinski definition) is 6. The van der Waals surface area contributed by atoms with Crippen LogP contribution in [0.3, 0.4) is 0 Å². The molecule has 158 valence electrons. The molecule has 0 radical (unpaired) electrons. The van der Waals surface area contributed by atoms with Crippen LogP contribution < -0.4 is 4.72 Å². The second-order valence-corrected chi connectivity index (χ2v) is 9.32. The Kier molecular flexibility index (Phi) is 6.06. The molecule has 1 atom stereocenters. The number of carbonyl (C=O) groups excluding carboxylic acids is 3. The first-order valence-corrected chi connectivity index (χ1v) is 11.0. The van der Waals surface area contributed by atoms with E-state index in [0.29, 0.717) is 13.0 Å². The highest BCUT2D eigenvalue weighted by atomic mass is 32.2. The highest BCUT2D eigenvalue weighted by molar-refractivity contribution is 7.89. The minimum atomic E-state index is -3.81. The Morgan fingerprint density at radius 2 is 1.90 bits per heavy atom. The van der Waals surface area contributed by atoms with Crippen molar-refractivity contribution < 1.29 is 22.8 Å². The quantitative estimate of drug-likeness (QED) is 0.495. The summed E-state index contributed by atoms with van der Waals surface area (Å²) >= 11 is 0. The van der Waals surface area contributed by atoms with E-state index in [1.807, 2.05) is 0 Å². The molecule has 10 heteroatoms. The molecule has 2 aliphatic rings. The smallest absolute Gasteiger partial charge is 0.261 e. The summed E-state index contributed by atoms with van der Waals surface area (Å²) in [5.41, 5.74) is 0.310. The molecule has 1 aromatic rings. The lowest BCUT2D eigenvalue weighted by Gasteiger charge is -2.26. The maximum absolute atomic E-state index is 12.6. The molecule has 0 bridgehead atoms. The number of fused-ring (bicyclic) bond motifs is 1. The maximum atomic E-state index is 12.6. The van der Waals surface area contributed by atoms with Crippen molar-refractivity contribution in [2.45, 2.75) is 30.2 Å². The second kappa shape index (κ2) is 8.21. The van der Waals surface area contributed by atoms with Gasteiger partial charge in [-0.05, 0) is 44.0 Å². The molecular formula is C19H26N4O5S. The second-order valence-electron chi connectivity index (χ2n) is 7.55. The average molecular weight is 423 g/mol. The van der Waals surface area contributed by atoms with Crippen LogP contribution in [0, 0.1) is 0 Å². The van der Waals surface area contributed by atoms with Gasteiger partial charge in [-0.1, -0.05) is 0 Å². The zero-order valence-electron chi connectivity index (χ0n) is 16.8. The summed E-state index contributed by atoms with van der Waals surface area (Å²) in [6.45, 7) is 1.66. The Morgan fingerprint density at radius 1 is 1.21 bits per heavy atom. The van der Waals surface area contributed by atoms with Gasteiger partial charge in [0, 0.05) is 34.2 Å². The Labute approximate surface area is 170 Å². The Hall–Kier alpha value is -2.30. The molecular weight excluding hydrogens is 396 g/mol. The van der Waals surface area contributed by atoms with Crippen molar-refractivity contribution in [3.8, 4) is 0 Å². The van der Waals surface area contributed by atoms with Gasteiger partial charge in [-0.25, -0.2) is 13.1 Å². The molecule has 1 saturated heterocycles. The summed E-state index contributed by atoms with van der Waals surface area (Å²) < 4.78 is 27.7. The molecule has 1 aromatic carbocycles. The predicted octanol–water partition coefficient (Wildman–Crippen LogP) is 0.133. The van der Waals surface area contributed by atoms with E-state index in [4.69, 9.17) is 0 Å². The van der Waals surface area contributed by atoms with E-state index in [0.717, 1.165) is 24.3 Å². The molecule has 1 unspecified atom stereocenters. The van der Waals surface area contributed by atoms with Crippen molar-refractivity contribution >= 4 is 27.7 Å². The van der Waals surface area contributed by atoms with Crippen LogP contribution in [-0.4, -0.2) is 87.7 Å². The highest BCUT2D eigenvalue weighted by Crippen LogP contribution is 2.24. The summed E-state index contributed by atoms with van der Waals surface area (Å²) in [6.07, 6.45) is 2.33. The third-order valence-electron chi connectivity index (χ3n) is 5.38. The van der Waals surface area contributed by atoms with Crippen LogP contribution in [0.4, 0.5) is 0 Å². The van der Waals surface area contributed by atoms with Crippen molar-refractivity contribution in [3.05, 3.63) is 29.3 Å². The zero-order chi connectivity index (χ0) is 21.3. The van der Waals surface area contributed by atoms with Crippen molar-refractivity contribution in [2.24, 2.45) is 0 Å². The van der Waals surface area contributed by atoms with Gasteiger partial charge in [0.2, 0.25) is 15.9 Å². The normalized spacial score (nSPS) is 19.7. The molecule has 3 amide bonds. The number of imide groups is 1. The van der Waals surface area contributed by atoms with Crippen molar-refractivity contribution in [3.63, 3.8) is 0 Å². The summed E-state index contributed by atoms with van der Waals surface area (Å²) in [4.78, 5) is 40.8. The molecule has 2 heterocycles. The van der Waals surface area contributed by atoms with Gasteiger partial charge in [-0.15, -0.1) is 0 Å². The van der Waals surface area contributed by atoms with Crippen LogP contribution in [0.25, 0.3) is 0 Å². The predicted molar refractivity (Wildman–Crippen MR) is 106 cm³/mol. The van der Waals surface area contributed by atoms with Crippen LogP contribution in [0.2, 0.25) is 0 Å². The molecule has 0 aliphatic carbocycles. The molecule has 0 aromatic heterocycles. The van der Waals surface area contributed by atoms with Crippen LogP contribution in [0.5, 0.6) is 0 Å².